The topological polar surface area (TPSA) is 49.4 Å². The van der Waals surface area contributed by atoms with Crippen LogP contribution in [0.5, 0.6) is 0 Å². The van der Waals surface area contributed by atoms with Gasteiger partial charge in [-0.25, -0.2) is 12.7 Å². The lowest BCUT2D eigenvalue weighted by molar-refractivity contribution is 0.278. The zero-order chi connectivity index (χ0) is 14.8. The zero-order valence-corrected chi connectivity index (χ0v) is 15.0. The fourth-order valence-corrected chi connectivity index (χ4v) is 5.39. The highest BCUT2D eigenvalue weighted by molar-refractivity contribution is 9.10. The normalized spacial score (nSPS) is 20.1. The standard InChI is InChI=1S/C13H21BrN2O2S2/c1-3-20(17,18)16-7-4-11(5-8-16)15-10(2)13-12(14)6-9-19-13/h6,9-11,15H,3-5,7-8H2,1-2H3. The number of rotatable bonds is 5. The van der Waals surface area contributed by atoms with Gasteiger partial charge in [0.2, 0.25) is 10.0 Å². The second-order valence-electron chi connectivity index (χ2n) is 5.10. The fraction of sp³-hybridized carbons (Fsp3) is 0.692. The van der Waals surface area contributed by atoms with E-state index in [4.69, 9.17) is 0 Å². The first-order chi connectivity index (χ1) is 9.44. The van der Waals surface area contributed by atoms with Gasteiger partial charge in [-0.1, -0.05) is 0 Å². The molecule has 1 aliphatic heterocycles. The van der Waals surface area contributed by atoms with Crippen molar-refractivity contribution in [2.24, 2.45) is 0 Å². The van der Waals surface area contributed by atoms with Gasteiger partial charge in [0.15, 0.2) is 0 Å². The minimum Gasteiger partial charge on any atom is -0.307 e. The third kappa shape index (κ3) is 3.82. The van der Waals surface area contributed by atoms with Crippen molar-refractivity contribution in [2.45, 2.75) is 38.8 Å². The van der Waals surface area contributed by atoms with Crippen LogP contribution < -0.4 is 5.32 Å². The van der Waals surface area contributed by atoms with Gasteiger partial charge >= 0.3 is 0 Å². The Bertz CT molecular complexity index is 536. The van der Waals surface area contributed by atoms with E-state index in [1.165, 1.54) is 4.88 Å². The minimum atomic E-state index is -3.02. The van der Waals surface area contributed by atoms with Crippen molar-refractivity contribution < 1.29 is 8.42 Å². The largest absolute Gasteiger partial charge is 0.307 e. The molecule has 0 radical (unpaired) electrons. The molecule has 0 bridgehead atoms. The summed E-state index contributed by atoms with van der Waals surface area (Å²) in [6, 6.07) is 2.75. The Morgan fingerprint density at radius 3 is 2.65 bits per heavy atom. The first-order valence-corrected chi connectivity index (χ1v) is 10.2. The maximum absolute atomic E-state index is 11.8. The summed E-state index contributed by atoms with van der Waals surface area (Å²) in [4.78, 5) is 1.30. The minimum absolute atomic E-state index is 0.198. The fourth-order valence-electron chi connectivity index (χ4n) is 2.53. The molecule has 1 aliphatic rings. The monoisotopic (exact) mass is 380 g/mol. The maximum Gasteiger partial charge on any atom is 0.213 e. The summed E-state index contributed by atoms with van der Waals surface area (Å²) >= 11 is 5.30. The molecule has 2 heterocycles. The summed E-state index contributed by atoms with van der Waals surface area (Å²) in [7, 11) is -3.02. The molecule has 1 saturated heterocycles. The molecule has 1 aromatic heterocycles. The van der Waals surface area contributed by atoms with Crippen molar-refractivity contribution in [3.63, 3.8) is 0 Å². The van der Waals surface area contributed by atoms with E-state index in [-0.39, 0.29) is 5.75 Å². The van der Waals surface area contributed by atoms with Gasteiger partial charge in [0.05, 0.1) is 5.75 Å². The van der Waals surface area contributed by atoms with Crippen molar-refractivity contribution in [1.29, 1.82) is 0 Å². The average Bonchev–Trinajstić information content (AvgIpc) is 2.85. The molecule has 0 spiro atoms. The first-order valence-electron chi connectivity index (χ1n) is 6.90. The molecule has 7 heteroatoms. The molecule has 1 aromatic rings. The van der Waals surface area contributed by atoms with Gasteiger partial charge in [0.25, 0.3) is 0 Å². The van der Waals surface area contributed by atoms with Crippen molar-refractivity contribution in [1.82, 2.24) is 9.62 Å². The Hall–Kier alpha value is 0.0500. The van der Waals surface area contributed by atoms with Crippen LogP contribution in [0, 0.1) is 0 Å². The summed E-state index contributed by atoms with van der Waals surface area (Å²) in [5.41, 5.74) is 0. The smallest absolute Gasteiger partial charge is 0.213 e. The average molecular weight is 381 g/mol. The second-order valence-corrected chi connectivity index (χ2v) is 9.15. The Balaban J connectivity index is 1.88. The van der Waals surface area contributed by atoms with Crippen molar-refractivity contribution >= 4 is 37.3 Å². The van der Waals surface area contributed by atoms with E-state index in [0.717, 1.165) is 17.3 Å². The SMILES string of the molecule is CCS(=O)(=O)N1CCC(NC(C)c2sccc2Br)CC1. The van der Waals surface area contributed by atoms with Crippen LogP contribution >= 0.6 is 27.3 Å². The summed E-state index contributed by atoms with van der Waals surface area (Å²) < 4.78 is 26.4. The molecule has 1 fully saturated rings. The van der Waals surface area contributed by atoms with Gasteiger partial charge in [-0.3, -0.25) is 0 Å². The molecule has 1 unspecified atom stereocenters. The van der Waals surface area contributed by atoms with Gasteiger partial charge < -0.3 is 5.32 Å². The number of thiophene rings is 1. The van der Waals surface area contributed by atoms with Gasteiger partial charge in [-0.2, -0.15) is 0 Å². The molecule has 4 nitrogen and oxygen atoms in total. The summed E-state index contributed by atoms with van der Waals surface area (Å²) in [6.07, 6.45) is 1.76. The lowest BCUT2D eigenvalue weighted by Crippen LogP contribution is -2.45. The van der Waals surface area contributed by atoms with E-state index in [1.54, 1.807) is 22.6 Å². The number of hydrogen-bond donors (Lipinski definition) is 1. The highest BCUT2D eigenvalue weighted by atomic mass is 79.9. The van der Waals surface area contributed by atoms with Crippen molar-refractivity contribution in [2.75, 3.05) is 18.8 Å². The zero-order valence-electron chi connectivity index (χ0n) is 11.8. The molecule has 1 N–H and O–H groups in total. The molecule has 0 aromatic carbocycles. The third-order valence-corrected chi connectivity index (χ3v) is 7.67. The number of nitrogens with zero attached hydrogens (tertiary/aromatic N) is 1. The molecule has 1 atom stereocenters. The Kier molecular flexibility index (Phi) is 5.64. The number of hydrogen-bond acceptors (Lipinski definition) is 4. The highest BCUT2D eigenvalue weighted by Gasteiger charge is 2.27. The molecule has 114 valence electrons. The van der Waals surface area contributed by atoms with Crippen LogP contribution in [0.1, 0.15) is 37.6 Å². The van der Waals surface area contributed by atoms with Crippen LogP contribution in [-0.4, -0.2) is 37.6 Å². The van der Waals surface area contributed by atoms with Gasteiger partial charge in [0, 0.05) is 34.5 Å². The lowest BCUT2D eigenvalue weighted by atomic mass is 10.1. The third-order valence-electron chi connectivity index (χ3n) is 3.74. The van der Waals surface area contributed by atoms with Crippen molar-refractivity contribution in [3.8, 4) is 0 Å². The Morgan fingerprint density at radius 2 is 2.15 bits per heavy atom. The van der Waals surface area contributed by atoms with Crippen LogP contribution in [0.2, 0.25) is 0 Å². The Morgan fingerprint density at radius 1 is 1.50 bits per heavy atom. The summed E-state index contributed by atoms with van der Waals surface area (Å²) in [5, 5.41) is 5.69. The molecule has 20 heavy (non-hydrogen) atoms. The predicted octanol–water partition coefficient (Wildman–Crippen LogP) is 2.98. The molecular formula is C13H21BrN2O2S2. The summed E-state index contributed by atoms with van der Waals surface area (Å²) in [5.74, 6) is 0.198. The first kappa shape index (κ1) is 16.4. The van der Waals surface area contributed by atoms with E-state index in [0.29, 0.717) is 25.2 Å². The second kappa shape index (κ2) is 6.87. The van der Waals surface area contributed by atoms with Gasteiger partial charge in [-0.15, -0.1) is 11.3 Å². The predicted molar refractivity (Wildman–Crippen MR) is 87.6 cm³/mol. The van der Waals surface area contributed by atoms with Crippen LogP contribution in [0.3, 0.4) is 0 Å². The molecular weight excluding hydrogens is 360 g/mol. The molecule has 0 amide bonds. The van der Waals surface area contributed by atoms with E-state index < -0.39 is 10.0 Å². The van der Waals surface area contributed by atoms with E-state index in [2.05, 4.69) is 39.6 Å². The van der Waals surface area contributed by atoms with Crippen LogP contribution in [0.25, 0.3) is 0 Å². The van der Waals surface area contributed by atoms with Crippen LogP contribution in [0.15, 0.2) is 15.9 Å². The van der Waals surface area contributed by atoms with Crippen LogP contribution in [-0.2, 0) is 10.0 Å². The molecule has 0 saturated carbocycles. The maximum atomic E-state index is 11.8. The lowest BCUT2D eigenvalue weighted by Gasteiger charge is -2.33. The van der Waals surface area contributed by atoms with E-state index in [9.17, 15) is 8.42 Å². The van der Waals surface area contributed by atoms with Crippen molar-refractivity contribution in [3.05, 3.63) is 20.8 Å². The number of piperidine rings is 1. The van der Waals surface area contributed by atoms with E-state index in [1.807, 2.05) is 0 Å². The number of nitrogens with one attached hydrogen (secondary N) is 1. The van der Waals surface area contributed by atoms with Crippen LogP contribution in [0.4, 0.5) is 0 Å². The number of halogens is 1. The van der Waals surface area contributed by atoms with E-state index >= 15 is 0 Å². The highest BCUT2D eigenvalue weighted by Crippen LogP contribution is 2.29. The number of sulfonamides is 1. The molecule has 0 aliphatic carbocycles. The quantitative estimate of drug-likeness (QED) is 0.853. The van der Waals surface area contributed by atoms with Gasteiger partial charge in [-0.05, 0) is 54.1 Å². The van der Waals surface area contributed by atoms with Gasteiger partial charge in [0.1, 0.15) is 0 Å². The molecule has 2 rings (SSSR count). The summed E-state index contributed by atoms with van der Waals surface area (Å²) in [6.45, 7) is 5.13. The Labute approximate surface area is 133 Å².